The van der Waals surface area contributed by atoms with Crippen LogP contribution in [0.25, 0.3) is 0 Å². The third-order valence-corrected chi connectivity index (χ3v) is 2.39. The quantitative estimate of drug-likeness (QED) is 0.711. The lowest BCUT2D eigenvalue weighted by molar-refractivity contribution is 0.0600. The van der Waals surface area contributed by atoms with Crippen molar-refractivity contribution in [3.63, 3.8) is 0 Å². The summed E-state index contributed by atoms with van der Waals surface area (Å²) < 4.78 is 4.67. The third kappa shape index (κ3) is 3.08. The Kier molecular flexibility index (Phi) is 3.89. The molecule has 2 nitrogen and oxygen atoms in total. The Morgan fingerprint density at radius 1 is 1.40 bits per heavy atom. The molecule has 0 heterocycles. The number of benzene rings is 1. The van der Waals surface area contributed by atoms with E-state index >= 15 is 0 Å². The van der Waals surface area contributed by atoms with Crippen LogP contribution in [0.2, 0.25) is 0 Å². The molecule has 0 aliphatic heterocycles. The van der Waals surface area contributed by atoms with Gasteiger partial charge in [-0.3, -0.25) is 0 Å². The van der Waals surface area contributed by atoms with Crippen LogP contribution < -0.4 is 0 Å². The first-order chi connectivity index (χ1) is 7.04. The molecule has 0 aliphatic rings. The third-order valence-electron chi connectivity index (χ3n) is 2.39. The molecule has 82 valence electrons. The summed E-state index contributed by atoms with van der Waals surface area (Å²) in [5, 5.41) is 0. The molecule has 1 rings (SSSR count). The zero-order valence-electron chi connectivity index (χ0n) is 9.83. The van der Waals surface area contributed by atoms with Crippen molar-refractivity contribution in [1.82, 2.24) is 0 Å². The second kappa shape index (κ2) is 4.96. The van der Waals surface area contributed by atoms with Crippen molar-refractivity contribution in [3.8, 4) is 0 Å². The van der Waals surface area contributed by atoms with E-state index in [1.807, 2.05) is 25.1 Å². The van der Waals surface area contributed by atoms with Gasteiger partial charge in [-0.2, -0.15) is 0 Å². The molecule has 1 aromatic carbocycles. The van der Waals surface area contributed by atoms with Gasteiger partial charge in [0.1, 0.15) is 0 Å². The highest BCUT2D eigenvalue weighted by Gasteiger charge is 2.08. The highest BCUT2D eigenvalue weighted by Crippen LogP contribution is 2.15. The smallest absolute Gasteiger partial charge is 0.337 e. The molecule has 0 radical (unpaired) electrons. The molecule has 0 aliphatic carbocycles. The van der Waals surface area contributed by atoms with Crippen LogP contribution >= 0.6 is 0 Å². The van der Waals surface area contributed by atoms with E-state index in [-0.39, 0.29) is 5.97 Å². The number of methoxy groups -OCH3 is 1. The van der Waals surface area contributed by atoms with Crippen LogP contribution in [-0.2, 0) is 11.2 Å². The number of rotatable bonds is 3. The zero-order chi connectivity index (χ0) is 11.4. The summed E-state index contributed by atoms with van der Waals surface area (Å²) in [7, 11) is 1.40. The van der Waals surface area contributed by atoms with Crippen molar-refractivity contribution in [2.24, 2.45) is 5.92 Å². The predicted octanol–water partition coefficient (Wildman–Crippen LogP) is 2.98. The maximum atomic E-state index is 11.3. The lowest BCUT2D eigenvalue weighted by Crippen LogP contribution is -2.03. The van der Waals surface area contributed by atoms with Crippen LogP contribution in [0.3, 0.4) is 0 Å². The lowest BCUT2D eigenvalue weighted by Gasteiger charge is -2.09. The van der Waals surface area contributed by atoms with E-state index in [9.17, 15) is 4.79 Å². The number of esters is 1. The highest BCUT2D eigenvalue weighted by atomic mass is 16.5. The largest absolute Gasteiger partial charge is 0.465 e. The number of aryl methyl sites for hydroxylation is 1. The molecule has 0 spiro atoms. The predicted molar refractivity (Wildman–Crippen MR) is 61.1 cm³/mol. The first-order valence-electron chi connectivity index (χ1n) is 5.22. The van der Waals surface area contributed by atoms with E-state index in [1.54, 1.807) is 0 Å². The van der Waals surface area contributed by atoms with E-state index in [0.29, 0.717) is 11.5 Å². The fraction of sp³-hybridized carbons (Fsp3) is 0.462. The second-order valence-electron chi connectivity index (χ2n) is 4.23. The van der Waals surface area contributed by atoms with Crippen LogP contribution in [0, 0.1) is 12.8 Å². The molecule has 0 N–H and O–H groups in total. The average molecular weight is 206 g/mol. The van der Waals surface area contributed by atoms with Gasteiger partial charge >= 0.3 is 5.97 Å². The summed E-state index contributed by atoms with van der Waals surface area (Å²) in [6.07, 6.45) is 1.05. The molecule has 0 saturated carbocycles. The first-order valence-corrected chi connectivity index (χ1v) is 5.22. The molecule has 2 heteroatoms. The lowest BCUT2D eigenvalue weighted by atomic mass is 9.97. The van der Waals surface area contributed by atoms with Crippen molar-refractivity contribution in [2.75, 3.05) is 7.11 Å². The highest BCUT2D eigenvalue weighted by molar-refractivity contribution is 5.89. The van der Waals surface area contributed by atoms with E-state index in [2.05, 4.69) is 18.6 Å². The molecule has 15 heavy (non-hydrogen) atoms. The van der Waals surface area contributed by atoms with Crippen LogP contribution in [0.5, 0.6) is 0 Å². The van der Waals surface area contributed by atoms with Gasteiger partial charge in [-0.15, -0.1) is 0 Å². The minimum absolute atomic E-state index is 0.269. The van der Waals surface area contributed by atoms with Crippen LogP contribution in [0.15, 0.2) is 18.2 Å². The van der Waals surface area contributed by atoms with E-state index in [0.717, 1.165) is 12.0 Å². The molecule has 0 aromatic heterocycles. The number of ether oxygens (including phenoxy) is 1. The Hall–Kier alpha value is -1.31. The van der Waals surface area contributed by atoms with Crippen molar-refractivity contribution in [1.29, 1.82) is 0 Å². The Labute approximate surface area is 91.3 Å². The SMILES string of the molecule is COC(=O)c1ccc(CC(C)C)c(C)c1. The minimum Gasteiger partial charge on any atom is -0.465 e. The van der Waals surface area contributed by atoms with Gasteiger partial charge < -0.3 is 4.74 Å². The van der Waals surface area contributed by atoms with Crippen LogP contribution in [-0.4, -0.2) is 13.1 Å². The van der Waals surface area contributed by atoms with Gasteiger partial charge in [0.25, 0.3) is 0 Å². The summed E-state index contributed by atoms with van der Waals surface area (Å²) in [5.41, 5.74) is 3.09. The van der Waals surface area contributed by atoms with E-state index in [4.69, 9.17) is 0 Å². The summed E-state index contributed by atoms with van der Waals surface area (Å²) in [4.78, 5) is 11.3. The van der Waals surface area contributed by atoms with Gasteiger partial charge in [-0.1, -0.05) is 19.9 Å². The standard InChI is InChI=1S/C13H18O2/c1-9(2)7-11-5-6-12(8-10(11)3)13(14)15-4/h5-6,8-9H,7H2,1-4H3. The van der Waals surface area contributed by atoms with Gasteiger partial charge in [-0.25, -0.2) is 4.79 Å². The average Bonchev–Trinajstić information content (AvgIpc) is 2.19. The summed E-state index contributed by atoms with van der Waals surface area (Å²) >= 11 is 0. The van der Waals surface area contributed by atoms with Gasteiger partial charge in [0.2, 0.25) is 0 Å². The van der Waals surface area contributed by atoms with Gasteiger partial charge in [0.15, 0.2) is 0 Å². The second-order valence-corrected chi connectivity index (χ2v) is 4.23. The Bertz CT molecular complexity index is 354. The fourth-order valence-corrected chi connectivity index (χ4v) is 1.61. The number of carbonyl (C=O) groups is 1. The molecule has 0 bridgehead atoms. The molecule has 0 amide bonds. The first kappa shape index (κ1) is 11.8. The topological polar surface area (TPSA) is 26.3 Å². The number of hydrogen-bond acceptors (Lipinski definition) is 2. The summed E-state index contributed by atoms with van der Waals surface area (Å²) in [6.45, 7) is 6.41. The molecule has 0 saturated heterocycles. The minimum atomic E-state index is -0.269. The van der Waals surface area contributed by atoms with Crippen LogP contribution in [0.1, 0.15) is 35.3 Å². The molecule has 0 fully saturated rings. The monoisotopic (exact) mass is 206 g/mol. The molecular formula is C13H18O2. The Morgan fingerprint density at radius 2 is 2.07 bits per heavy atom. The Balaban J connectivity index is 2.93. The molecule has 0 atom stereocenters. The fourth-order valence-electron chi connectivity index (χ4n) is 1.61. The number of carbonyl (C=O) groups excluding carboxylic acids is 1. The molecule has 1 aromatic rings. The summed E-state index contributed by atoms with van der Waals surface area (Å²) in [5.74, 6) is 0.363. The molecular weight excluding hydrogens is 188 g/mol. The van der Waals surface area contributed by atoms with Crippen molar-refractivity contribution < 1.29 is 9.53 Å². The van der Waals surface area contributed by atoms with Gasteiger partial charge in [0, 0.05) is 0 Å². The molecule has 0 unspecified atom stereocenters. The van der Waals surface area contributed by atoms with Crippen molar-refractivity contribution >= 4 is 5.97 Å². The van der Waals surface area contributed by atoms with E-state index < -0.39 is 0 Å². The summed E-state index contributed by atoms with van der Waals surface area (Å²) in [6, 6.07) is 5.74. The van der Waals surface area contributed by atoms with Gasteiger partial charge in [0.05, 0.1) is 12.7 Å². The normalized spacial score (nSPS) is 10.5. The van der Waals surface area contributed by atoms with E-state index in [1.165, 1.54) is 12.7 Å². The number of hydrogen-bond donors (Lipinski definition) is 0. The van der Waals surface area contributed by atoms with Gasteiger partial charge in [-0.05, 0) is 42.5 Å². The maximum Gasteiger partial charge on any atom is 0.337 e. The Morgan fingerprint density at radius 3 is 2.53 bits per heavy atom. The maximum absolute atomic E-state index is 11.3. The van der Waals surface area contributed by atoms with Crippen LogP contribution in [0.4, 0.5) is 0 Å². The zero-order valence-corrected chi connectivity index (χ0v) is 9.83. The van der Waals surface area contributed by atoms with Crippen molar-refractivity contribution in [3.05, 3.63) is 34.9 Å². The van der Waals surface area contributed by atoms with Crippen molar-refractivity contribution in [2.45, 2.75) is 27.2 Å².